The van der Waals surface area contributed by atoms with Gasteiger partial charge in [0.05, 0.1) is 18.5 Å². The second-order valence-corrected chi connectivity index (χ2v) is 9.69. The summed E-state index contributed by atoms with van der Waals surface area (Å²) in [6.07, 6.45) is 1.55. The molecule has 0 N–H and O–H groups in total. The van der Waals surface area contributed by atoms with Crippen molar-refractivity contribution in [2.24, 2.45) is 0 Å². The molecule has 2 aromatic carbocycles. The number of hydrogen-bond acceptors (Lipinski definition) is 6. The number of anilines is 1. The lowest BCUT2D eigenvalue weighted by Crippen LogP contribution is -2.52. The normalized spacial score (nSPS) is 13.4. The van der Waals surface area contributed by atoms with E-state index in [2.05, 4.69) is 34.2 Å². The lowest BCUT2D eigenvalue weighted by atomic mass is 10.1. The SMILES string of the molecule is Cc1ccc(-c2ccc(N3CCN(C(=O)CN(Cc4ccco4)C(=O)c4ccc(Cl)cc4)CC3)nn2)cc1. The summed E-state index contributed by atoms with van der Waals surface area (Å²) in [5, 5.41) is 9.37. The Balaban J connectivity index is 1.20. The van der Waals surface area contributed by atoms with E-state index in [0.29, 0.717) is 42.5 Å². The highest BCUT2D eigenvalue weighted by Gasteiger charge is 2.26. The molecule has 0 bridgehead atoms. The maximum Gasteiger partial charge on any atom is 0.254 e. The number of benzene rings is 2. The molecule has 4 aromatic rings. The number of carbonyl (C=O) groups is 2. The Morgan fingerprint density at radius 2 is 1.66 bits per heavy atom. The minimum Gasteiger partial charge on any atom is -0.467 e. The van der Waals surface area contributed by atoms with Crippen molar-refractivity contribution >= 4 is 29.2 Å². The zero-order chi connectivity index (χ0) is 26.5. The Hall–Kier alpha value is -4.17. The van der Waals surface area contributed by atoms with E-state index < -0.39 is 0 Å². The lowest BCUT2D eigenvalue weighted by Gasteiger charge is -2.36. The highest BCUT2D eigenvalue weighted by atomic mass is 35.5. The Morgan fingerprint density at radius 1 is 0.921 bits per heavy atom. The van der Waals surface area contributed by atoms with Crippen LogP contribution in [0.2, 0.25) is 5.02 Å². The number of aryl methyl sites for hydroxylation is 1. The maximum atomic E-state index is 13.2. The van der Waals surface area contributed by atoms with Gasteiger partial charge in [-0.15, -0.1) is 10.2 Å². The first-order valence-electron chi connectivity index (χ1n) is 12.5. The van der Waals surface area contributed by atoms with E-state index in [4.69, 9.17) is 16.0 Å². The van der Waals surface area contributed by atoms with Crippen LogP contribution in [0.15, 0.2) is 83.5 Å². The Labute approximate surface area is 226 Å². The van der Waals surface area contributed by atoms with Gasteiger partial charge in [-0.1, -0.05) is 41.4 Å². The van der Waals surface area contributed by atoms with Gasteiger partial charge in [0, 0.05) is 42.3 Å². The third-order valence-corrected chi connectivity index (χ3v) is 6.84. The molecule has 0 radical (unpaired) electrons. The number of carbonyl (C=O) groups excluding carboxylic acids is 2. The third-order valence-electron chi connectivity index (χ3n) is 6.59. The second kappa shape index (κ2) is 11.5. The van der Waals surface area contributed by atoms with Gasteiger partial charge < -0.3 is 19.1 Å². The molecule has 2 amide bonds. The molecule has 1 aliphatic rings. The third kappa shape index (κ3) is 6.03. The predicted octanol–water partition coefficient (Wildman–Crippen LogP) is 4.69. The van der Waals surface area contributed by atoms with Crippen molar-refractivity contribution in [3.63, 3.8) is 0 Å². The molecule has 3 heterocycles. The first-order chi connectivity index (χ1) is 18.5. The van der Waals surface area contributed by atoms with Crippen molar-refractivity contribution in [1.82, 2.24) is 20.0 Å². The van der Waals surface area contributed by atoms with E-state index in [0.717, 1.165) is 17.1 Å². The summed E-state index contributed by atoms with van der Waals surface area (Å²) < 4.78 is 5.44. The summed E-state index contributed by atoms with van der Waals surface area (Å²) in [5.41, 5.74) is 3.51. The monoisotopic (exact) mass is 529 g/mol. The van der Waals surface area contributed by atoms with Crippen LogP contribution in [0.25, 0.3) is 11.3 Å². The number of halogens is 1. The summed E-state index contributed by atoms with van der Waals surface area (Å²) in [4.78, 5) is 31.9. The number of rotatable bonds is 7. The van der Waals surface area contributed by atoms with Gasteiger partial charge in [0.2, 0.25) is 5.91 Å². The van der Waals surface area contributed by atoms with E-state index >= 15 is 0 Å². The summed E-state index contributed by atoms with van der Waals surface area (Å²) in [7, 11) is 0. The zero-order valence-electron chi connectivity index (χ0n) is 21.1. The topological polar surface area (TPSA) is 82.8 Å². The van der Waals surface area contributed by atoms with E-state index in [1.54, 1.807) is 47.6 Å². The number of amides is 2. The molecule has 0 aliphatic carbocycles. The van der Waals surface area contributed by atoms with Crippen molar-refractivity contribution in [2.75, 3.05) is 37.6 Å². The average Bonchev–Trinajstić information content (AvgIpc) is 3.47. The van der Waals surface area contributed by atoms with E-state index in [1.807, 2.05) is 24.3 Å². The molecule has 0 unspecified atom stereocenters. The zero-order valence-corrected chi connectivity index (χ0v) is 21.8. The molecule has 5 rings (SSSR count). The minimum atomic E-state index is -0.256. The van der Waals surface area contributed by atoms with Crippen molar-refractivity contribution < 1.29 is 14.0 Å². The van der Waals surface area contributed by atoms with Gasteiger partial charge in [-0.05, 0) is 55.5 Å². The van der Waals surface area contributed by atoms with Gasteiger partial charge in [-0.2, -0.15) is 0 Å². The van der Waals surface area contributed by atoms with Crippen molar-refractivity contribution in [3.8, 4) is 11.3 Å². The lowest BCUT2D eigenvalue weighted by molar-refractivity contribution is -0.132. The largest absolute Gasteiger partial charge is 0.467 e. The van der Waals surface area contributed by atoms with Gasteiger partial charge in [0.25, 0.3) is 5.91 Å². The molecule has 8 nitrogen and oxygen atoms in total. The average molecular weight is 530 g/mol. The van der Waals surface area contributed by atoms with E-state index in [9.17, 15) is 9.59 Å². The standard InChI is InChI=1S/C29H28ClN5O3/c1-21-4-6-22(7-5-21)26-12-13-27(32-31-26)33-14-16-34(17-15-33)28(36)20-35(19-25-3-2-18-38-25)29(37)23-8-10-24(30)11-9-23/h2-13,18H,14-17,19-20H2,1H3. The second-order valence-electron chi connectivity index (χ2n) is 9.26. The van der Waals surface area contributed by atoms with Crippen LogP contribution in [-0.2, 0) is 11.3 Å². The molecule has 0 spiro atoms. The highest BCUT2D eigenvalue weighted by molar-refractivity contribution is 6.30. The summed E-state index contributed by atoms with van der Waals surface area (Å²) >= 11 is 5.98. The van der Waals surface area contributed by atoms with Crippen LogP contribution in [-0.4, -0.2) is 64.5 Å². The predicted molar refractivity (Wildman–Crippen MR) is 146 cm³/mol. The molecule has 1 aliphatic heterocycles. The van der Waals surface area contributed by atoms with Crippen molar-refractivity contribution in [1.29, 1.82) is 0 Å². The smallest absolute Gasteiger partial charge is 0.254 e. The molecule has 38 heavy (non-hydrogen) atoms. The first-order valence-corrected chi connectivity index (χ1v) is 12.8. The summed E-state index contributed by atoms with van der Waals surface area (Å²) in [5.74, 6) is 1.02. The Morgan fingerprint density at radius 3 is 2.29 bits per heavy atom. The van der Waals surface area contributed by atoms with Gasteiger partial charge in [-0.3, -0.25) is 9.59 Å². The fourth-order valence-electron chi connectivity index (χ4n) is 4.39. The van der Waals surface area contributed by atoms with Gasteiger partial charge in [0.15, 0.2) is 5.82 Å². The van der Waals surface area contributed by atoms with Crippen molar-refractivity contribution in [3.05, 3.63) is 101 Å². The van der Waals surface area contributed by atoms with Crippen LogP contribution >= 0.6 is 11.6 Å². The Bertz CT molecular complexity index is 1370. The minimum absolute atomic E-state index is 0.0484. The quantitative estimate of drug-likeness (QED) is 0.345. The number of aromatic nitrogens is 2. The molecule has 0 atom stereocenters. The van der Waals surface area contributed by atoms with Gasteiger partial charge >= 0.3 is 0 Å². The van der Waals surface area contributed by atoms with Crippen molar-refractivity contribution in [2.45, 2.75) is 13.5 Å². The molecule has 2 aromatic heterocycles. The van der Waals surface area contributed by atoms with Gasteiger partial charge in [0.1, 0.15) is 12.3 Å². The number of furan rings is 1. The fourth-order valence-corrected chi connectivity index (χ4v) is 4.51. The van der Waals surface area contributed by atoms with Gasteiger partial charge in [-0.25, -0.2) is 0 Å². The first kappa shape index (κ1) is 25.5. The highest BCUT2D eigenvalue weighted by Crippen LogP contribution is 2.20. The van der Waals surface area contributed by atoms with Crippen LogP contribution in [0, 0.1) is 6.92 Å². The molecule has 9 heteroatoms. The van der Waals surface area contributed by atoms with E-state index in [-0.39, 0.29) is 24.9 Å². The van der Waals surface area contributed by atoms with E-state index in [1.165, 1.54) is 10.5 Å². The summed E-state index contributed by atoms with van der Waals surface area (Å²) in [6, 6.07) is 22.3. The Kier molecular flexibility index (Phi) is 7.70. The van der Waals surface area contributed by atoms with Crippen LogP contribution in [0.4, 0.5) is 5.82 Å². The molecule has 194 valence electrons. The molecule has 0 saturated carbocycles. The summed E-state index contributed by atoms with van der Waals surface area (Å²) in [6.45, 7) is 4.53. The van der Waals surface area contributed by atoms with Crippen LogP contribution < -0.4 is 4.90 Å². The molecular weight excluding hydrogens is 502 g/mol. The van der Waals surface area contributed by atoms with Crippen LogP contribution in [0.3, 0.4) is 0 Å². The van der Waals surface area contributed by atoms with Crippen LogP contribution in [0.5, 0.6) is 0 Å². The molecular formula is C29H28ClN5O3. The number of piperazine rings is 1. The number of hydrogen-bond donors (Lipinski definition) is 0. The fraction of sp³-hybridized carbons (Fsp3) is 0.241. The van der Waals surface area contributed by atoms with Crippen LogP contribution in [0.1, 0.15) is 21.7 Å². The maximum absolute atomic E-state index is 13.2. The molecule has 1 saturated heterocycles. The molecule has 1 fully saturated rings. The number of nitrogens with zero attached hydrogens (tertiary/aromatic N) is 5.